The molecule has 0 fully saturated rings. The van der Waals surface area contributed by atoms with E-state index in [1.807, 2.05) is 13.8 Å². The van der Waals surface area contributed by atoms with Gasteiger partial charge in [0.25, 0.3) is 9.04 Å². The van der Waals surface area contributed by atoms with Gasteiger partial charge in [-0.05, 0) is 25.9 Å². The van der Waals surface area contributed by atoms with E-state index in [4.69, 9.17) is 9.16 Å². The van der Waals surface area contributed by atoms with Crippen LogP contribution in [0.2, 0.25) is 12.1 Å². The van der Waals surface area contributed by atoms with Crippen LogP contribution < -0.4 is 0 Å². The molecule has 0 aromatic heterocycles. The zero-order chi connectivity index (χ0) is 9.40. The molecule has 0 bridgehead atoms. The maximum Gasteiger partial charge on any atom is 0.279 e. The van der Waals surface area contributed by atoms with Gasteiger partial charge >= 0.3 is 0 Å². The lowest BCUT2D eigenvalue weighted by Crippen LogP contribution is -2.11. The van der Waals surface area contributed by atoms with Gasteiger partial charge < -0.3 is 9.16 Å². The van der Waals surface area contributed by atoms with Gasteiger partial charge in [0, 0.05) is 0 Å². The monoisotopic (exact) mass is 187 g/mol. The van der Waals surface area contributed by atoms with Gasteiger partial charge in [-0.3, -0.25) is 0 Å². The smallest absolute Gasteiger partial charge is 0.279 e. The maximum atomic E-state index is 5.57. The van der Waals surface area contributed by atoms with Gasteiger partial charge in [0.05, 0.1) is 6.61 Å². The fraction of sp³-hybridized carbons (Fsp3) is 0.778. The van der Waals surface area contributed by atoms with E-state index < -0.39 is 9.04 Å². The van der Waals surface area contributed by atoms with E-state index in [9.17, 15) is 0 Å². The van der Waals surface area contributed by atoms with Crippen LogP contribution in [0.15, 0.2) is 12.0 Å². The second-order valence-corrected chi connectivity index (χ2v) is 5.25. The third-order valence-corrected chi connectivity index (χ3v) is 3.58. The summed E-state index contributed by atoms with van der Waals surface area (Å²) in [5.74, 6) is 0.877. The molecule has 0 N–H and O–H groups in total. The van der Waals surface area contributed by atoms with Crippen LogP contribution in [-0.4, -0.2) is 15.6 Å². The van der Waals surface area contributed by atoms with Crippen LogP contribution in [0.25, 0.3) is 0 Å². The Bertz CT molecular complexity index is 130. The Morgan fingerprint density at radius 3 is 2.25 bits per heavy atom. The number of allylic oxidation sites excluding steroid dienone is 1. The maximum absolute atomic E-state index is 5.57. The molecule has 3 heteroatoms. The predicted molar refractivity (Wildman–Crippen MR) is 53.2 cm³/mol. The van der Waals surface area contributed by atoms with Crippen molar-refractivity contribution in [1.29, 1.82) is 0 Å². The fourth-order valence-electron chi connectivity index (χ4n) is 0.845. The molecule has 0 saturated carbocycles. The average molecular weight is 187 g/mol. The molecule has 0 aliphatic carbocycles. The largest absolute Gasteiger partial charge is 0.545 e. The first-order valence-corrected chi connectivity index (χ1v) is 6.37. The first-order chi connectivity index (χ1) is 5.74. The summed E-state index contributed by atoms with van der Waals surface area (Å²) < 4.78 is 10.8. The van der Waals surface area contributed by atoms with Crippen LogP contribution in [0.5, 0.6) is 0 Å². The van der Waals surface area contributed by atoms with Crippen LogP contribution in [0.1, 0.15) is 27.7 Å². The van der Waals surface area contributed by atoms with E-state index in [1.54, 1.807) is 6.26 Å². The molecule has 12 heavy (non-hydrogen) atoms. The van der Waals surface area contributed by atoms with Crippen molar-refractivity contribution in [1.82, 2.24) is 0 Å². The van der Waals surface area contributed by atoms with Crippen molar-refractivity contribution in [3.8, 4) is 0 Å². The Morgan fingerprint density at radius 1 is 1.25 bits per heavy atom. The van der Waals surface area contributed by atoms with Gasteiger partial charge in [-0.15, -0.1) is 0 Å². The minimum Gasteiger partial charge on any atom is -0.545 e. The highest BCUT2D eigenvalue weighted by molar-refractivity contribution is 6.51. The van der Waals surface area contributed by atoms with Crippen LogP contribution in [-0.2, 0) is 9.16 Å². The Kier molecular flexibility index (Phi) is 6.95. The van der Waals surface area contributed by atoms with E-state index in [0.29, 0.717) is 6.61 Å². The topological polar surface area (TPSA) is 18.5 Å². The van der Waals surface area contributed by atoms with Gasteiger partial charge in [0.2, 0.25) is 0 Å². The lowest BCUT2D eigenvalue weighted by molar-refractivity contribution is 0.220. The van der Waals surface area contributed by atoms with Gasteiger partial charge in [-0.2, -0.15) is 0 Å². The lowest BCUT2D eigenvalue weighted by atomic mass is 10.6. The van der Waals surface area contributed by atoms with Crippen molar-refractivity contribution >= 4 is 9.04 Å². The third-order valence-electron chi connectivity index (χ3n) is 1.55. The molecule has 0 aromatic carbocycles. The van der Waals surface area contributed by atoms with Gasteiger partial charge in [0.15, 0.2) is 0 Å². The van der Waals surface area contributed by atoms with Crippen LogP contribution in [0, 0.1) is 0 Å². The Labute approximate surface area is 77.3 Å². The van der Waals surface area contributed by atoms with Crippen molar-refractivity contribution in [3.63, 3.8) is 0 Å². The van der Waals surface area contributed by atoms with Crippen LogP contribution in [0.4, 0.5) is 0 Å². The van der Waals surface area contributed by atoms with Crippen molar-refractivity contribution in [2.24, 2.45) is 0 Å². The Balaban J connectivity index is 3.68. The van der Waals surface area contributed by atoms with Gasteiger partial charge in [-0.1, -0.05) is 13.8 Å². The van der Waals surface area contributed by atoms with Crippen molar-refractivity contribution in [2.75, 3.05) is 6.61 Å². The van der Waals surface area contributed by atoms with Crippen LogP contribution in [0.3, 0.4) is 0 Å². The highest BCUT2D eigenvalue weighted by atomic mass is 28.3. The molecule has 0 spiro atoms. The molecule has 2 nitrogen and oxygen atoms in total. The first-order valence-electron chi connectivity index (χ1n) is 4.55. The van der Waals surface area contributed by atoms with Crippen molar-refractivity contribution < 1.29 is 9.16 Å². The van der Waals surface area contributed by atoms with Gasteiger partial charge in [-0.25, -0.2) is 0 Å². The highest BCUT2D eigenvalue weighted by Gasteiger charge is 2.06. The molecule has 0 rings (SSSR count). The normalized spacial score (nSPS) is 11.9. The number of rotatable bonds is 6. The second kappa shape index (κ2) is 7.22. The molecular formula is C9H19O2Si. The highest BCUT2D eigenvalue weighted by Crippen LogP contribution is 2.03. The minimum absolute atomic E-state index is 0.593. The SMILES string of the molecule is CCO/C(C)=C\O[Si](CC)CC. The molecular weight excluding hydrogens is 168 g/mol. The standard InChI is InChI=1S/C9H19O2Si/c1-5-10-9(4)8-11-12(6-2)7-3/h8H,5-7H2,1-4H3/b9-8-. The summed E-state index contributed by atoms with van der Waals surface area (Å²) in [5, 5.41) is 0. The van der Waals surface area contributed by atoms with E-state index in [0.717, 1.165) is 17.8 Å². The molecule has 0 aliphatic rings. The Hall–Kier alpha value is -0.443. The summed E-state index contributed by atoms with van der Waals surface area (Å²) >= 11 is 0. The minimum atomic E-state index is -0.593. The van der Waals surface area contributed by atoms with E-state index in [2.05, 4.69) is 13.8 Å². The van der Waals surface area contributed by atoms with Gasteiger partial charge in [0.1, 0.15) is 12.0 Å². The number of hydrogen-bond acceptors (Lipinski definition) is 2. The molecule has 0 amide bonds. The number of ether oxygens (including phenoxy) is 1. The number of hydrogen-bond donors (Lipinski definition) is 0. The lowest BCUT2D eigenvalue weighted by Gasteiger charge is -2.10. The summed E-state index contributed by atoms with van der Waals surface area (Å²) in [6.45, 7) is 8.95. The van der Waals surface area contributed by atoms with Crippen LogP contribution >= 0.6 is 0 Å². The predicted octanol–water partition coefficient (Wildman–Crippen LogP) is 2.93. The molecule has 0 atom stereocenters. The van der Waals surface area contributed by atoms with Crippen molar-refractivity contribution in [2.45, 2.75) is 39.8 Å². The van der Waals surface area contributed by atoms with Crippen molar-refractivity contribution in [3.05, 3.63) is 12.0 Å². The molecule has 1 radical (unpaired) electrons. The summed E-state index contributed by atoms with van der Waals surface area (Å²) in [6, 6.07) is 2.30. The summed E-state index contributed by atoms with van der Waals surface area (Å²) in [7, 11) is -0.593. The zero-order valence-electron chi connectivity index (χ0n) is 8.52. The van der Waals surface area contributed by atoms with E-state index >= 15 is 0 Å². The summed E-state index contributed by atoms with van der Waals surface area (Å²) in [4.78, 5) is 0. The van der Waals surface area contributed by atoms with E-state index in [-0.39, 0.29) is 0 Å². The second-order valence-electron chi connectivity index (χ2n) is 2.53. The first kappa shape index (κ1) is 11.6. The fourth-order valence-corrected chi connectivity index (χ4v) is 2.01. The molecule has 71 valence electrons. The quantitative estimate of drug-likeness (QED) is 0.470. The average Bonchev–Trinajstić information content (AvgIpc) is 2.07. The third kappa shape index (κ3) is 5.24. The molecule has 0 heterocycles. The molecule has 0 aromatic rings. The molecule has 0 aliphatic heterocycles. The Morgan fingerprint density at radius 2 is 1.83 bits per heavy atom. The zero-order valence-corrected chi connectivity index (χ0v) is 9.52. The molecule has 0 saturated heterocycles. The summed E-state index contributed by atoms with van der Waals surface area (Å²) in [5.41, 5.74) is 0. The van der Waals surface area contributed by atoms with E-state index in [1.165, 1.54) is 0 Å². The summed E-state index contributed by atoms with van der Waals surface area (Å²) in [6.07, 6.45) is 1.75. The molecule has 0 unspecified atom stereocenters.